The van der Waals surface area contributed by atoms with E-state index < -0.39 is 67.4 Å². The summed E-state index contributed by atoms with van der Waals surface area (Å²) in [6, 6.07) is -1.03. The predicted molar refractivity (Wildman–Crippen MR) is 333 cm³/mol. The van der Waals surface area contributed by atoms with Gasteiger partial charge in [-0.15, -0.1) is 0 Å². The smallest absolute Gasteiger partial charge is 0.306 e. The van der Waals surface area contributed by atoms with Crippen molar-refractivity contribution in [1.82, 2.24) is 5.32 Å². The number of ether oxygens (including phenoxy) is 3. The molecule has 0 aromatic rings. The molecule has 80 heavy (non-hydrogen) atoms. The third-order valence-corrected chi connectivity index (χ3v) is 15.7. The van der Waals surface area contributed by atoms with Crippen molar-refractivity contribution in [3.63, 3.8) is 0 Å². The van der Waals surface area contributed by atoms with Crippen molar-refractivity contribution in [3.8, 4) is 0 Å². The minimum absolute atomic E-state index is 0.102. The molecule has 1 fully saturated rings. The maximum Gasteiger partial charge on any atom is 0.306 e. The molecule has 0 aromatic carbocycles. The van der Waals surface area contributed by atoms with Gasteiger partial charge in [0.1, 0.15) is 24.4 Å². The maximum atomic E-state index is 13.5. The Kier molecular flexibility index (Phi) is 53.5. The molecular formula is C69H125NO10. The van der Waals surface area contributed by atoms with Gasteiger partial charge in [-0.2, -0.15) is 0 Å². The van der Waals surface area contributed by atoms with Crippen LogP contribution in [0.3, 0.4) is 0 Å². The molecule has 8 unspecified atom stereocenters. The first-order chi connectivity index (χ1) is 39.2. The zero-order valence-electron chi connectivity index (χ0n) is 51.7. The molecule has 1 aliphatic heterocycles. The van der Waals surface area contributed by atoms with Crippen LogP contribution < -0.4 is 5.32 Å². The van der Waals surface area contributed by atoms with Gasteiger partial charge in [0.2, 0.25) is 5.91 Å². The van der Waals surface area contributed by atoms with Crippen LogP contribution in [-0.4, -0.2) is 99.6 Å². The van der Waals surface area contributed by atoms with E-state index in [1.807, 2.05) is 6.08 Å². The second-order valence-electron chi connectivity index (χ2n) is 23.2. The highest BCUT2D eigenvalue weighted by molar-refractivity contribution is 5.80. The number of nitrogens with one attached hydrogen (secondary N) is 1. The Hall–Kier alpha value is -2.64. The molecular weight excluding hydrogens is 1000 g/mol. The summed E-state index contributed by atoms with van der Waals surface area (Å²) >= 11 is 0. The summed E-state index contributed by atoms with van der Waals surface area (Å²) in [6.45, 7) is 5.78. The van der Waals surface area contributed by atoms with E-state index in [1.54, 1.807) is 6.08 Å². The van der Waals surface area contributed by atoms with Gasteiger partial charge in [0, 0.05) is 6.42 Å². The third kappa shape index (κ3) is 44.0. The van der Waals surface area contributed by atoms with Gasteiger partial charge in [-0.05, 0) is 70.6 Å². The molecule has 1 amide bonds. The molecule has 11 nitrogen and oxygen atoms in total. The van der Waals surface area contributed by atoms with Gasteiger partial charge in [0.25, 0.3) is 0 Å². The Morgan fingerprint density at radius 3 is 1.31 bits per heavy atom. The number of rotatable bonds is 57. The minimum Gasteiger partial charge on any atom is -0.454 e. The van der Waals surface area contributed by atoms with Crippen molar-refractivity contribution in [3.05, 3.63) is 60.8 Å². The van der Waals surface area contributed by atoms with Crippen LogP contribution in [-0.2, 0) is 23.8 Å². The Morgan fingerprint density at radius 1 is 0.487 bits per heavy atom. The first-order valence-electron chi connectivity index (χ1n) is 33.6. The summed E-state index contributed by atoms with van der Waals surface area (Å²) in [5.41, 5.74) is 0. The average molecular weight is 1130 g/mol. The van der Waals surface area contributed by atoms with Gasteiger partial charge < -0.3 is 45.1 Å². The molecule has 0 spiro atoms. The molecule has 0 radical (unpaired) electrons. The Balaban J connectivity index is 2.64. The molecule has 8 atom stereocenters. The number of aliphatic hydroxyl groups excluding tert-OH is 5. The van der Waals surface area contributed by atoms with E-state index in [1.165, 1.54) is 167 Å². The summed E-state index contributed by atoms with van der Waals surface area (Å²) < 4.78 is 17.6. The molecule has 1 saturated heterocycles. The highest BCUT2D eigenvalue weighted by Crippen LogP contribution is 2.26. The number of amides is 1. The van der Waals surface area contributed by atoms with Gasteiger partial charge in [0.05, 0.1) is 25.4 Å². The zero-order chi connectivity index (χ0) is 58.2. The summed E-state index contributed by atoms with van der Waals surface area (Å²) in [5.74, 6) is -1.20. The van der Waals surface area contributed by atoms with Crippen LogP contribution in [0, 0.1) is 0 Å². The lowest BCUT2D eigenvalue weighted by molar-refractivity contribution is -0.305. The van der Waals surface area contributed by atoms with Gasteiger partial charge >= 0.3 is 5.97 Å². The zero-order valence-corrected chi connectivity index (χ0v) is 51.7. The number of carbonyl (C=O) groups excluding carboxylic acids is 2. The quantitative estimate of drug-likeness (QED) is 0.0195. The monoisotopic (exact) mass is 1130 g/mol. The number of allylic oxidation sites excluding steroid dienone is 9. The molecule has 0 aromatic heterocycles. The van der Waals surface area contributed by atoms with E-state index in [9.17, 15) is 35.1 Å². The number of hydrogen-bond acceptors (Lipinski definition) is 10. The van der Waals surface area contributed by atoms with E-state index in [2.05, 4.69) is 74.7 Å². The van der Waals surface area contributed by atoms with E-state index in [4.69, 9.17) is 14.2 Å². The standard InChI is InChI=1S/C69H125NO10/c1-4-7-10-13-16-19-22-25-27-29-31-32-33-35-37-39-42-45-48-51-54-57-64(74)80-67-66(76)65(75)63(58-71)79-69(67)78-59-60(61(72)55-52-49-46-43-40-24-21-18-15-12-9-6-3)70-68(77)62(73)56-53-50-47-44-41-38-36-34-30-28-26-23-20-17-14-11-8-5-2/h16,19,25,27,31-32,35,37,52,55,60-63,65-67,69,71-73,75-76H,4-15,17-18,20-24,26,28-30,33-34,36,38-51,53-54,56-59H2,1-3H3,(H,70,77)/b19-16-,27-25-,32-31-,37-35-,55-52+. The molecule has 0 aliphatic carbocycles. The first-order valence-corrected chi connectivity index (χ1v) is 33.6. The van der Waals surface area contributed by atoms with Crippen LogP contribution in [0.1, 0.15) is 303 Å². The van der Waals surface area contributed by atoms with Crippen LogP contribution in [0.4, 0.5) is 0 Å². The van der Waals surface area contributed by atoms with Crippen molar-refractivity contribution < 1.29 is 49.3 Å². The van der Waals surface area contributed by atoms with E-state index in [0.29, 0.717) is 19.3 Å². The number of carbonyl (C=O) groups is 2. The fraction of sp³-hybridized carbons (Fsp3) is 0.826. The van der Waals surface area contributed by atoms with E-state index >= 15 is 0 Å². The number of unbranched alkanes of at least 4 members (excludes halogenated alkanes) is 35. The van der Waals surface area contributed by atoms with Crippen molar-refractivity contribution >= 4 is 11.9 Å². The molecule has 466 valence electrons. The second kappa shape index (κ2) is 56.8. The summed E-state index contributed by atoms with van der Waals surface area (Å²) in [6.07, 6.45) is 61.1. The second-order valence-corrected chi connectivity index (χ2v) is 23.2. The largest absolute Gasteiger partial charge is 0.454 e. The highest BCUT2D eigenvalue weighted by Gasteiger charge is 2.47. The van der Waals surface area contributed by atoms with Gasteiger partial charge in [0.15, 0.2) is 12.4 Å². The number of hydrogen-bond donors (Lipinski definition) is 6. The topological polar surface area (TPSA) is 175 Å². The summed E-state index contributed by atoms with van der Waals surface area (Å²) in [4.78, 5) is 26.6. The van der Waals surface area contributed by atoms with Crippen molar-refractivity contribution in [2.45, 2.75) is 352 Å². The van der Waals surface area contributed by atoms with E-state index in [-0.39, 0.29) is 13.0 Å². The Morgan fingerprint density at radius 2 is 0.863 bits per heavy atom. The lowest BCUT2D eigenvalue weighted by atomic mass is 9.99. The SMILES string of the molecule is CCCCC/C=C\C/C=C\C/C=C\C/C=C\CCCCCCCC(=O)OC1C(OCC(NC(=O)C(O)CCCCCCCCCCCCCCCCCCCC)C(O)/C=C/CCCCCCCCCCCC)OC(CO)C(O)C1O. The number of esters is 1. The van der Waals surface area contributed by atoms with Gasteiger partial charge in [-0.1, -0.05) is 287 Å². The Labute approximate surface area is 490 Å². The molecule has 1 rings (SSSR count). The molecule has 11 heteroatoms. The Bertz CT molecular complexity index is 1530. The summed E-state index contributed by atoms with van der Waals surface area (Å²) in [7, 11) is 0. The van der Waals surface area contributed by atoms with Crippen molar-refractivity contribution in [2.75, 3.05) is 13.2 Å². The molecule has 0 saturated carbocycles. The third-order valence-electron chi connectivity index (χ3n) is 15.7. The average Bonchev–Trinajstić information content (AvgIpc) is 3.45. The molecule has 0 bridgehead atoms. The van der Waals surface area contributed by atoms with Crippen LogP contribution in [0.5, 0.6) is 0 Å². The molecule has 1 aliphatic rings. The van der Waals surface area contributed by atoms with Gasteiger partial charge in [-0.25, -0.2) is 0 Å². The van der Waals surface area contributed by atoms with Crippen LogP contribution in [0.15, 0.2) is 60.8 Å². The summed E-state index contributed by atoms with van der Waals surface area (Å²) in [5, 5.41) is 57.1. The fourth-order valence-electron chi connectivity index (χ4n) is 10.3. The number of aliphatic hydroxyl groups is 5. The van der Waals surface area contributed by atoms with Crippen LogP contribution in [0.2, 0.25) is 0 Å². The van der Waals surface area contributed by atoms with Gasteiger partial charge in [-0.3, -0.25) is 9.59 Å². The van der Waals surface area contributed by atoms with Crippen LogP contribution >= 0.6 is 0 Å². The minimum atomic E-state index is -1.62. The highest BCUT2D eigenvalue weighted by atomic mass is 16.7. The predicted octanol–water partition coefficient (Wildman–Crippen LogP) is 16.6. The van der Waals surface area contributed by atoms with Crippen molar-refractivity contribution in [2.24, 2.45) is 0 Å². The van der Waals surface area contributed by atoms with Crippen LogP contribution in [0.25, 0.3) is 0 Å². The van der Waals surface area contributed by atoms with Crippen molar-refractivity contribution in [1.29, 1.82) is 0 Å². The normalized spacial score (nSPS) is 19.1. The molecule has 6 N–H and O–H groups in total. The fourth-order valence-corrected chi connectivity index (χ4v) is 10.3. The molecule has 1 heterocycles. The lowest BCUT2D eigenvalue weighted by Crippen LogP contribution is -2.61. The first kappa shape index (κ1) is 75.4. The maximum absolute atomic E-state index is 13.5. The van der Waals surface area contributed by atoms with E-state index in [0.717, 1.165) is 89.9 Å². The lowest BCUT2D eigenvalue weighted by Gasteiger charge is -2.41.